The Bertz CT molecular complexity index is 466. The molecule has 1 aromatic carbocycles. The summed E-state index contributed by atoms with van der Waals surface area (Å²) in [4.78, 5) is 2.20. The molecule has 2 N–H and O–H groups in total. The van der Waals surface area contributed by atoms with Crippen LogP contribution in [0.1, 0.15) is 38.5 Å². The first kappa shape index (κ1) is 14.6. The number of halogens is 1. The second kappa shape index (κ2) is 6.65. The molecule has 116 valence electrons. The summed E-state index contributed by atoms with van der Waals surface area (Å²) in [6.45, 7) is 2.51. The van der Waals surface area contributed by atoms with E-state index in [0.29, 0.717) is 5.92 Å². The maximum atomic E-state index is 13.6. The minimum Gasteiger partial charge on any atom is -0.491 e. The van der Waals surface area contributed by atoms with Crippen molar-refractivity contribution in [3.05, 3.63) is 24.0 Å². The van der Waals surface area contributed by atoms with Gasteiger partial charge in [-0.2, -0.15) is 0 Å². The van der Waals surface area contributed by atoms with E-state index in [0.717, 1.165) is 44.0 Å². The zero-order valence-electron chi connectivity index (χ0n) is 12.6. The molecule has 1 aliphatic heterocycles. The van der Waals surface area contributed by atoms with Crippen molar-refractivity contribution >= 4 is 5.69 Å². The Morgan fingerprint density at radius 2 is 1.86 bits per heavy atom. The van der Waals surface area contributed by atoms with Gasteiger partial charge in [0.05, 0.1) is 12.3 Å². The quantitative estimate of drug-likeness (QED) is 0.925. The molecule has 2 aliphatic rings. The molecule has 1 aliphatic carbocycles. The van der Waals surface area contributed by atoms with Crippen molar-refractivity contribution in [3.63, 3.8) is 0 Å². The van der Waals surface area contributed by atoms with Crippen LogP contribution in [0.15, 0.2) is 18.2 Å². The average molecular weight is 292 g/mol. The summed E-state index contributed by atoms with van der Waals surface area (Å²) in [7, 11) is 0. The number of piperidine rings is 1. The Balaban J connectivity index is 1.70. The molecule has 0 radical (unpaired) electrons. The van der Waals surface area contributed by atoms with Crippen LogP contribution in [-0.4, -0.2) is 25.7 Å². The van der Waals surface area contributed by atoms with Gasteiger partial charge in [-0.1, -0.05) is 12.8 Å². The molecule has 0 amide bonds. The Morgan fingerprint density at radius 3 is 2.57 bits per heavy atom. The fourth-order valence-corrected chi connectivity index (χ4v) is 3.38. The standard InChI is InChI=1S/C17H25FN2O/c18-14-5-6-17(21-12-13-3-1-2-4-13)16(11-14)20-9-7-15(19)8-10-20/h5-6,11,13,15H,1-4,7-10,12,19H2. The van der Waals surface area contributed by atoms with E-state index in [9.17, 15) is 4.39 Å². The largest absolute Gasteiger partial charge is 0.491 e. The van der Waals surface area contributed by atoms with Gasteiger partial charge in [-0.15, -0.1) is 0 Å². The number of rotatable bonds is 4. The highest BCUT2D eigenvalue weighted by Gasteiger charge is 2.21. The molecule has 0 atom stereocenters. The molecular weight excluding hydrogens is 267 g/mol. The van der Waals surface area contributed by atoms with Gasteiger partial charge in [0.2, 0.25) is 0 Å². The molecular formula is C17H25FN2O. The lowest BCUT2D eigenvalue weighted by Gasteiger charge is -2.33. The lowest BCUT2D eigenvalue weighted by Crippen LogP contribution is -2.39. The van der Waals surface area contributed by atoms with Gasteiger partial charge >= 0.3 is 0 Å². The molecule has 0 unspecified atom stereocenters. The highest BCUT2D eigenvalue weighted by atomic mass is 19.1. The van der Waals surface area contributed by atoms with E-state index in [4.69, 9.17) is 10.5 Å². The van der Waals surface area contributed by atoms with E-state index in [1.807, 2.05) is 0 Å². The van der Waals surface area contributed by atoms with Crippen molar-refractivity contribution in [3.8, 4) is 5.75 Å². The summed E-state index contributed by atoms with van der Waals surface area (Å²) in [6.07, 6.45) is 7.06. The highest BCUT2D eigenvalue weighted by Crippen LogP contribution is 2.33. The number of ether oxygens (including phenoxy) is 1. The van der Waals surface area contributed by atoms with Gasteiger partial charge in [-0.05, 0) is 43.7 Å². The maximum Gasteiger partial charge on any atom is 0.142 e. The molecule has 1 heterocycles. The van der Waals surface area contributed by atoms with Crippen molar-refractivity contribution in [1.29, 1.82) is 0 Å². The van der Waals surface area contributed by atoms with Crippen LogP contribution in [0.25, 0.3) is 0 Å². The molecule has 3 rings (SSSR count). The van der Waals surface area contributed by atoms with Gasteiger partial charge in [-0.3, -0.25) is 0 Å². The highest BCUT2D eigenvalue weighted by molar-refractivity contribution is 5.59. The minimum absolute atomic E-state index is 0.201. The molecule has 4 heteroatoms. The van der Waals surface area contributed by atoms with Gasteiger partial charge in [0.1, 0.15) is 11.6 Å². The van der Waals surface area contributed by atoms with Crippen molar-refractivity contribution in [2.45, 2.75) is 44.6 Å². The second-order valence-electron chi connectivity index (χ2n) is 6.40. The molecule has 0 aromatic heterocycles. The molecule has 1 aromatic rings. The van der Waals surface area contributed by atoms with Crippen molar-refractivity contribution in [2.24, 2.45) is 11.7 Å². The smallest absolute Gasteiger partial charge is 0.142 e. The summed E-state index contributed by atoms with van der Waals surface area (Å²) in [6, 6.07) is 5.13. The molecule has 1 saturated carbocycles. The van der Waals surface area contributed by atoms with Crippen LogP contribution in [0.5, 0.6) is 5.75 Å². The van der Waals surface area contributed by atoms with E-state index >= 15 is 0 Å². The molecule has 3 nitrogen and oxygen atoms in total. The second-order valence-corrected chi connectivity index (χ2v) is 6.40. The van der Waals surface area contributed by atoms with Crippen LogP contribution in [0.3, 0.4) is 0 Å². The summed E-state index contributed by atoms with van der Waals surface area (Å²) < 4.78 is 19.6. The lowest BCUT2D eigenvalue weighted by molar-refractivity contribution is 0.252. The number of anilines is 1. The third kappa shape index (κ3) is 3.67. The zero-order valence-corrected chi connectivity index (χ0v) is 12.6. The first-order valence-corrected chi connectivity index (χ1v) is 8.15. The van der Waals surface area contributed by atoms with Crippen LogP contribution < -0.4 is 15.4 Å². The summed E-state index contributed by atoms with van der Waals surface area (Å²) in [5.41, 5.74) is 6.84. The van der Waals surface area contributed by atoms with E-state index in [1.54, 1.807) is 12.1 Å². The Hall–Kier alpha value is -1.29. The van der Waals surface area contributed by atoms with E-state index in [2.05, 4.69) is 4.90 Å². The summed E-state index contributed by atoms with van der Waals surface area (Å²) in [5, 5.41) is 0. The van der Waals surface area contributed by atoms with Crippen LogP contribution in [-0.2, 0) is 0 Å². The Morgan fingerprint density at radius 1 is 1.14 bits per heavy atom. The van der Waals surface area contributed by atoms with Gasteiger partial charge in [0, 0.05) is 25.2 Å². The van der Waals surface area contributed by atoms with Gasteiger partial charge in [0.25, 0.3) is 0 Å². The van der Waals surface area contributed by atoms with Crippen LogP contribution in [0, 0.1) is 11.7 Å². The number of nitrogens with zero attached hydrogens (tertiary/aromatic N) is 1. The van der Waals surface area contributed by atoms with Crippen LogP contribution >= 0.6 is 0 Å². The van der Waals surface area contributed by atoms with E-state index < -0.39 is 0 Å². The average Bonchev–Trinajstić information content (AvgIpc) is 3.00. The van der Waals surface area contributed by atoms with Gasteiger partial charge in [0.15, 0.2) is 0 Å². The first-order chi connectivity index (χ1) is 10.2. The Kier molecular flexibility index (Phi) is 4.63. The topological polar surface area (TPSA) is 38.5 Å². The van der Waals surface area contributed by atoms with E-state index in [1.165, 1.54) is 31.7 Å². The van der Waals surface area contributed by atoms with Crippen molar-refractivity contribution in [1.82, 2.24) is 0 Å². The molecule has 0 bridgehead atoms. The Labute approximate surface area is 126 Å². The maximum absolute atomic E-state index is 13.6. The number of hydrogen-bond acceptors (Lipinski definition) is 3. The van der Waals surface area contributed by atoms with E-state index in [-0.39, 0.29) is 11.9 Å². The van der Waals surface area contributed by atoms with Gasteiger partial charge in [-0.25, -0.2) is 4.39 Å². The third-order valence-corrected chi connectivity index (χ3v) is 4.75. The fraction of sp³-hybridized carbons (Fsp3) is 0.647. The summed E-state index contributed by atoms with van der Waals surface area (Å²) in [5.74, 6) is 1.28. The SMILES string of the molecule is NC1CCN(c2cc(F)ccc2OCC2CCCC2)CC1. The molecule has 2 fully saturated rings. The molecule has 1 saturated heterocycles. The first-order valence-electron chi connectivity index (χ1n) is 8.15. The van der Waals surface area contributed by atoms with Crippen LogP contribution in [0.2, 0.25) is 0 Å². The fourth-order valence-electron chi connectivity index (χ4n) is 3.38. The normalized spacial score (nSPS) is 21.0. The molecule has 0 spiro atoms. The van der Waals surface area contributed by atoms with Crippen molar-refractivity contribution in [2.75, 3.05) is 24.6 Å². The lowest BCUT2D eigenvalue weighted by atomic mass is 10.1. The van der Waals surface area contributed by atoms with Crippen molar-refractivity contribution < 1.29 is 9.13 Å². The number of benzene rings is 1. The molecule has 21 heavy (non-hydrogen) atoms. The predicted octanol–water partition coefficient (Wildman–Crippen LogP) is 3.32. The zero-order chi connectivity index (χ0) is 14.7. The van der Waals surface area contributed by atoms with Gasteiger partial charge < -0.3 is 15.4 Å². The predicted molar refractivity (Wildman–Crippen MR) is 83.3 cm³/mol. The third-order valence-electron chi connectivity index (χ3n) is 4.75. The number of hydrogen-bond donors (Lipinski definition) is 1. The summed E-state index contributed by atoms with van der Waals surface area (Å²) >= 11 is 0. The number of nitrogens with two attached hydrogens (primary N) is 1. The van der Waals surface area contributed by atoms with Crippen LogP contribution in [0.4, 0.5) is 10.1 Å². The monoisotopic (exact) mass is 292 g/mol. The minimum atomic E-state index is -0.201.